The highest BCUT2D eigenvalue weighted by Gasteiger charge is 2.10. The van der Waals surface area contributed by atoms with E-state index in [4.69, 9.17) is 0 Å². The zero-order valence-corrected chi connectivity index (χ0v) is 11.7. The van der Waals surface area contributed by atoms with Crippen LogP contribution >= 0.6 is 0 Å². The lowest BCUT2D eigenvalue weighted by atomic mass is 9.99. The molecule has 0 aliphatic carbocycles. The molecule has 0 N–H and O–H groups in total. The molecule has 0 radical (unpaired) electrons. The summed E-state index contributed by atoms with van der Waals surface area (Å²) in [4.78, 5) is -0.124. The number of benzene rings is 2. The van der Waals surface area contributed by atoms with E-state index in [9.17, 15) is 13.0 Å². The van der Waals surface area contributed by atoms with Gasteiger partial charge in [-0.1, -0.05) is 42.0 Å². The van der Waals surface area contributed by atoms with E-state index in [-0.39, 0.29) is 4.90 Å². The lowest BCUT2D eigenvalue weighted by molar-refractivity contribution is 0.462. The van der Waals surface area contributed by atoms with Gasteiger partial charge in [0.1, 0.15) is 10.1 Å². The maximum Gasteiger partial charge on any atom is 0.124 e. The van der Waals surface area contributed by atoms with Crippen molar-refractivity contribution in [1.82, 2.24) is 0 Å². The molecule has 0 unspecified atom stereocenters. The molecule has 0 atom stereocenters. The highest BCUT2D eigenvalue weighted by Crippen LogP contribution is 2.22. The number of rotatable bonds is 3. The first kappa shape index (κ1) is 13.8. The zero-order valence-electron chi connectivity index (χ0n) is 10.9. The van der Waals surface area contributed by atoms with Gasteiger partial charge in [0.15, 0.2) is 0 Å². The second-order valence-corrected chi connectivity index (χ2v) is 6.02. The molecule has 19 heavy (non-hydrogen) atoms. The highest BCUT2D eigenvalue weighted by molar-refractivity contribution is 7.85. The summed E-state index contributed by atoms with van der Waals surface area (Å²) in [6, 6.07) is 12.5. The summed E-state index contributed by atoms with van der Waals surface area (Å²) in [6.45, 7) is 3.85. The monoisotopic (exact) mass is 275 g/mol. The minimum atomic E-state index is -4.43. The summed E-state index contributed by atoms with van der Waals surface area (Å²) < 4.78 is 33.9. The topological polar surface area (TPSA) is 57.2 Å². The largest absolute Gasteiger partial charge is 0.744 e. The summed E-state index contributed by atoms with van der Waals surface area (Å²) in [5.41, 5.74) is 3.61. The van der Waals surface area contributed by atoms with Crippen LogP contribution in [0.25, 0.3) is 0 Å². The van der Waals surface area contributed by atoms with Crippen LogP contribution in [0.5, 0.6) is 0 Å². The molecule has 0 spiro atoms. The van der Waals surface area contributed by atoms with Gasteiger partial charge in [-0.15, -0.1) is 0 Å². The van der Waals surface area contributed by atoms with Crippen molar-refractivity contribution in [3.05, 3.63) is 64.7 Å². The van der Waals surface area contributed by atoms with Crippen molar-refractivity contribution in [2.24, 2.45) is 0 Å². The molecule has 0 fully saturated rings. The van der Waals surface area contributed by atoms with Crippen molar-refractivity contribution >= 4 is 10.1 Å². The van der Waals surface area contributed by atoms with Crippen LogP contribution in [0.4, 0.5) is 0 Å². The highest BCUT2D eigenvalue weighted by atomic mass is 32.2. The first-order valence-electron chi connectivity index (χ1n) is 5.98. The van der Waals surface area contributed by atoms with E-state index in [1.807, 2.05) is 38.1 Å². The van der Waals surface area contributed by atoms with Crippen LogP contribution in [-0.4, -0.2) is 13.0 Å². The van der Waals surface area contributed by atoms with Crippen molar-refractivity contribution in [3.8, 4) is 0 Å². The van der Waals surface area contributed by atoms with Crippen molar-refractivity contribution in [2.75, 3.05) is 0 Å². The molecule has 0 saturated heterocycles. The van der Waals surface area contributed by atoms with Crippen molar-refractivity contribution in [2.45, 2.75) is 25.2 Å². The smallest absolute Gasteiger partial charge is 0.124 e. The summed E-state index contributed by atoms with van der Waals surface area (Å²) in [6.07, 6.45) is 0.450. The first-order chi connectivity index (χ1) is 8.88. The van der Waals surface area contributed by atoms with Crippen LogP contribution in [0.15, 0.2) is 47.4 Å². The Morgan fingerprint density at radius 3 is 2.32 bits per heavy atom. The minimum Gasteiger partial charge on any atom is -0.744 e. The van der Waals surface area contributed by atoms with Crippen LogP contribution in [0.2, 0.25) is 0 Å². The average molecular weight is 275 g/mol. The number of hydrogen-bond acceptors (Lipinski definition) is 3. The summed E-state index contributed by atoms with van der Waals surface area (Å²) >= 11 is 0. The third-order valence-electron chi connectivity index (χ3n) is 3.13. The van der Waals surface area contributed by atoms with E-state index in [2.05, 4.69) is 0 Å². The zero-order chi connectivity index (χ0) is 14.0. The quantitative estimate of drug-likeness (QED) is 0.809. The van der Waals surface area contributed by atoms with Gasteiger partial charge in [0.05, 0.1) is 4.90 Å². The van der Waals surface area contributed by atoms with Crippen LogP contribution in [0.3, 0.4) is 0 Å². The van der Waals surface area contributed by atoms with Gasteiger partial charge in [-0.25, -0.2) is 8.42 Å². The van der Waals surface area contributed by atoms with Gasteiger partial charge >= 0.3 is 0 Å². The fourth-order valence-electron chi connectivity index (χ4n) is 2.10. The molecule has 0 amide bonds. The first-order valence-corrected chi connectivity index (χ1v) is 7.38. The Balaban J connectivity index is 2.51. The Morgan fingerprint density at radius 2 is 1.68 bits per heavy atom. The standard InChI is InChI=1S/C15H16O3S/c1-11-7-8-15(19(16,17)18)14(9-11)10-13-6-4-3-5-12(13)2/h3-9H,10H2,1-2H3,(H,16,17,18)/p-1. The lowest BCUT2D eigenvalue weighted by Crippen LogP contribution is -2.05. The number of aryl methyl sites for hydroxylation is 2. The van der Waals surface area contributed by atoms with E-state index in [0.29, 0.717) is 12.0 Å². The van der Waals surface area contributed by atoms with Crippen LogP contribution in [0.1, 0.15) is 22.3 Å². The van der Waals surface area contributed by atoms with Gasteiger partial charge in [0, 0.05) is 0 Å². The maximum absolute atomic E-state index is 11.3. The van der Waals surface area contributed by atoms with Crippen LogP contribution in [0, 0.1) is 13.8 Å². The Kier molecular flexibility index (Phi) is 3.73. The Morgan fingerprint density at radius 1 is 1.00 bits per heavy atom. The lowest BCUT2D eigenvalue weighted by Gasteiger charge is -2.14. The summed E-state index contributed by atoms with van der Waals surface area (Å²) in [5.74, 6) is 0. The molecular weight excluding hydrogens is 260 g/mol. The Bertz CT molecular complexity index is 703. The van der Waals surface area contributed by atoms with Crippen LogP contribution in [-0.2, 0) is 16.5 Å². The van der Waals surface area contributed by atoms with Gasteiger partial charge in [0.2, 0.25) is 0 Å². The van der Waals surface area contributed by atoms with Gasteiger partial charge in [-0.05, 0) is 43.0 Å². The summed E-state index contributed by atoms with van der Waals surface area (Å²) in [5, 5.41) is 0. The minimum absolute atomic E-state index is 0.124. The fourth-order valence-corrected chi connectivity index (χ4v) is 2.79. The molecule has 0 aromatic heterocycles. The normalized spacial score (nSPS) is 11.5. The molecule has 0 bridgehead atoms. The molecule has 2 aromatic carbocycles. The van der Waals surface area contributed by atoms with Crippen LogP contribution < -0.4 is 0 Å². The van der Waals surface area contributed by atoms with Crippen molar-refractivity contribution < 1.29 is 13.0 Å². The molecule has 4 heteroatoms. The van der Waals surface area contributed by atoms with E-state index >= 15 is 0 Å². The maximum atomic E-state index is 11.3. The predicted molar refractivity (Wildman–Crippen MR) is 73.1 cm³/mol. The van der Waals surface area contributed by atoms with Crippen molar-refractivity contribution in [1.29, 1.82) is 0 Å². The molecule has 0 saturated carbocycles. The molecular formula is C15H15O3S-. The second-order valence-electron chi connectivity index (χ2n) is 4.67. The summed E-state index contributed by atoms with van der Waals surface area (Å²) in [7, 11) is -4.43. The molecule has 3 nitrogen and oxygen atoms in total. The van der Waals surface area contributed by atoms with E-state index < -0.39 is 10.1 Å². The van der Waals surface area contributed by atoms with E-state index in [1.54, 1.807) is 12.1 Å². The van der Waals surface area contributed by atoms with Gasteiger partial charge in [0.25, 0.3) is 0 Å². The molecule has 0 aliphatic rings. The molecule has 0 heterocycles. The second kappa shape index (κ2) is 5.15. The Labute approximate surface area is 113 Å². The third-order valence-corrected chi connectivity index (χ3v) is 4.06. The van der Waals surface area contributed by atoms with Gasteiger partial charge < -0.3 is 4.55 Å². The van der Waals surface area contributed by atoms with Gasteiger partial charge in [-0.3, -0.25) is 0 Å². The molecule has 0 aliphatic heterocycles. The predicted octanol–water partition coefficient (Wildman–Crippen LogP) is 2.80. The molecule has 2 rings (SSSR count). The van der Waals surface area contributed by atoms with Crippen molar-refractivity contribution in [3.63, 3.8) is 0 Å². The Hall–Kier alpha value is -1.65. The third kappa shape index (κ3) is 3.22. The average Bonchev–Trinajstić information content (AvgIpc) is 2.30. The molecule has 100 valence electrons. The van der Waals surface area contributed by atoms with Gasteiger partial charge in [-0.2, -0.15) is 0 Å². The molecule has 2 aromatic rings. The SMILES string of the molecule is Cc1ccc(S(=O)(=O)[O-])c(Cc2ccccc2C)c1. The van der Waals surface area contributed by atoms with E-state index in [1.165, 1.54) is 6.07 Å². The fraction of sp³-hybridized carbons (Fsp3) is 0.200. The van der Waals surface area contributed by atoms with E-state index in [0.717, 1.165) is 16.7 Å². The number of hydrogen-bond donors (Lipinski definition) is 0.